The molecule has 0 bridgehead atoms. The van der Waals surface area contributed by atoms with Gasteiger partial charge in [-0.25, -0.2) is 0 Å². The van der Waals surface area contributed by atoms with Crippen molar-refractivity contribution in [1.82, 2.24) is 20.4 Å². The number of hydrogen-bond acceptors (Lipinski definition) is 12. The van der Waals surface area contributed by atoms with Crippen LogP contribution in [0.1, 0.15) is 38.5 Å². The number of hydrogen-bond donors (Lipinski definition) is 0. The van der Waals surface area contributed by atoms with Gasteiger partial charge >= 0.3 is 0 Å². The average molecular weight is 677 g/mol. The number of nitrogens with zero attached hydrogens (tertiary/aromatic N) is 6. The van der Waals surface area contributed by atoms with Crippen LogP contribution in [0.2, 0.25) is 0 Å². The second-order valence-corrected chi connectivity index (χ2v) is 11.3. The summed E-state index contributed by atoms with van der Waals surface area (Å²) in [5, 5.41) is 38.0. The minimum atomic E-state index is -0.457. The van der Waals surface area contributed by atoms with Crippen LogP contribution in [0.5, 0.6) is 11.5 Å². The molecule has 6 rings (SSSR count). The minimum absolute atomic E-state index is 0.00378. The number of ether oxygens (including phenoxy) is 2. The molecule has 0 fully saturated rings. The van der Waals surface area contributed by atoms with E-state index in [1.165, 1.54) is 24.3 Å². The zero-order chi connectivity index (χ0) is 34.7. The molecule has 6 aromatic rings. The Morgan fingerprint density at radius 2 is 0.720 bits per heavy atom. The normalized spacial score (nSPS) is 11.0. The maximum atomic E-state index is 10.9. The van der Waals surface area contributed by atoms with Crippen LogP contribution >= 0.6 is 0 Å². The first kappa shape index (κ1) is 33.5. The van der Waals surface area contributed by atoms with Crippen molar-refractivity contribution in [2.75, 3.05) is 13.2 Å². The monoisotopic (exact) mass is 676 g/mol. The summed E-state index contributed by atoms with van der Waals surface area (Å²) in [4.78, 5) is 20.8. The molecule has 0 aliphatic heterocycles. The number of rotatable bonds is 17. The third-order valence-corrected chi connectivity index (χ3v) is 7.78. The second kappa shape index (κ2) is 16.1. The first-order valence-electron chi connectivity index (χ1n) is 16.1. The van der Waals surface area contributed by atoms with Crippen molar-refractivity contribution in [3.05, 3.63) is 117 Å². The fraction of sp³-hybridized carbons (Fsp3) is 0.222. The number of benzene rings is 4. The summed E-state index contributed by atoms with van der Waals surface area (Å²) in [5.41, 5.74) is 2.70. The lowest BCUT2D eigenvalue weighted by Crippen LogP contribution is -1.98. The highest BCUT2D eigenvalue weighted by Crippen LogP contribution is 2.28. The molecule has 4 aromatic carbocycles. The maximum absolute atomic E-state index is 10.9. The van der Waals surface area contributed by atoms with E-state index >= 15 is 0 Å². The van der Waals surface area contributed by atoms with Crippen molar-refractivity contribution >= 4 is 11.4 Å². The predicted molar refractivity (Wildman–Crippen MR) is 182 cm³/mol. The van der Waals surface area contributed by atoms with Crippen LogP contribution in [-0.4, -0.2) is 43.5 Å². The Labute approximate surface area is 286 Å². The lowest BCUT2D eigenvalue weighted by Gasteiger charge is -2.07. The molecule has 0 spiro atoms. The first-order chi connectivity index (χ1) is 24.4. The smallest absolute Gasteiger partial charge is 0.269 e. The fourth-order valence-corrected chi connectivity index (χ4v) is 5.04. The van der Waals surface area contributed by atoms with E-state index in [4.69, 9.17) is 18.3 Å². The Kier molecular flexibility index (Phi) is 10.8. The second-order valence-electron chi connectivity index (χ2n) is 11.3. The van der Waals surface area contributed by atoms with E-state index in [1.54, 1.807) is 24.3 Å². The third kappa shape index (κ3) is 8.72. The number of non-ortho nitro benzene ring substituents is 2. The summed E-state index contributed by atoms with van der Waals surface area (Å²) in [5.74, 6) is 2.81. The Morgan fingerprint density at radius 1 is 0.440 bits per heavy atom. The van der Waals surface area contributed by atoms with Gasteiger partial charge in [-0.2, -0.15) is 0 Å². The van der Waals surface area contributed by atoms with E-state index in [9.17, 15) is 20.2 Å². The van der Waals surface area contributed by atoms with E-state index in [0.29, 0.717) is 36.1 Å². The van der Waals surface area contributed by atoms with Crippen LogP contribution < -0.4 is 9.47 Å². The van der Waals surface area contributed by atoms with Gasteiger partial charge in [0.1, 0.15) is 11.5 Å². The molecule has 0 saturated carbocycles. The Morgan fingerprint density at radius 3 is 1.02 bits per heavy atom. The molecule has 0 atom stereocenters. The molecule has 2 heterocycles. The Hall–Kier alpha value is -6.44. The van der Waals surface area contributed by atoms with E-state index in [2.05, 4.69) is 20.4 Å². The summed E-state index contributed by atoms with van der Waals surface area (Å²) in [6.07, 6.45) is 6.32. The van der Waals surface area contributed by atoms with E-state index in [0.717, 1.165) is 61.2 Å². The van der Waals surface area contributed by atoms with E-state index in [1.807, 2.05) is 48.5 Å². The molecule has 0 radical (unpaired) electrons. The van der Waals surface area contributed by atoms with Gasteiger partial charge in [0.2, 0.25) is 23.6 Å². The maximum Gasteiger partial charge on any atom is 0.269 e. The zero-order valence-electron chi connectivity index (χ0n) is 26.8. The number of nitro benzene ring substituents is 2. The third-order valence-electron chi connectivity index (χ3n) is 7.78. The highest BCUT2D eigenvalue weighted by atomic mass is 16.6. The number of unbranched alkanes of at least 4 members (excludes halogenated alkanes) is 5. The summed E-state index contributed by atoms with van der Waals surface area (Å²) < 4.78 is 23.3. The molecule has 14 heteroatoms. The quantitative estimate of drug-likeness (QED) is 0.0509. The van der Waals surface area contributed by atoms with Crippen LogP contribution in [0.25, 0.3) is 45.8 Å². The topological polar surface area (TPSA) is 183 Å². The molecule has 0 aliphatic carbocycles. The lowest BCUT2D eigenvalue weighted by atomic mass is 10.1. The van der Waals surface area contributed by atoms with Gasteiger partial charge in [0, 0.05) is 46.5 Å². The molecule has 254 valence electrons. The standard InChI is InChI=1S/C36H32N6O8/c43-41(44)29-15-7-25(8-16-29)33-37-39-35(49-33)27-11-19-31(20-12-27)47-23-5-3-1-2-4-6-24-48-32-21-13-28(14-22-32)36-40-38-34(50-36)26-9-17-30(18-10-26)42(45)46/h7-22H,1-6,23-24H2. The predicted octanol–water partition coefficient (Wildman–Crippen LogP) is 8.74. The highest BCUT2D eigenvalue weighted by Gasteiger charge is 2.14. The van der Waals surface area contributed by atoms with Crippen molar-refractivity contribution in [3.63, 3.8) is 0 Å². The molecule has 0 amide bonds. The zero-order valence-corrected chi connectivity index (χ0v) is 26.8. The van der Waals surface area contributed by atoms with E-state index < -0.39 is 9.85 Å². The highest BCUT2D eigenvalue weighted by molar-refractivity contribution is 5.61. The van der Waals surface area contributed by atoms with Gasteiger partial charge in [-0.05, 0) is 85.6 Å². The first-order valence-corrected chi connectivity index (χ1v) is 16.1. The van der Waals surface area contributed by atoms with Gasteiger partial charge in [0.15, 0.2) is 0 Å². The van der Waals surface area contributed by atoms with Crippen LogP contribution in [0, 0.1) is 20.2 Å². The van der Waals surface area contributed by atoms with Crippen molar-refractivity contribution < 1.29 is 28.2 Å². The molecule has 0 saturated heterocycles. The lowest BCUT2D eigenvalue weighted by molar-refractivity contribution is -0.385. The Balaban J connectivity index is 0.829. The summed E-state index contributed by atoms with van der Waals surface area (Å²) in [6, 6.07) is 26.8. The van der Waals surface area contributed by atoms with Gasteiger partial charge in [-0.3, -0.25) is 20.2 Å². The van der Waals surface area contributed by atoms with Crippen molar-refractivity contribution in [2.24, 2.45) is 0 Å². The minimum Gasteiger partial charge on any atom is -0.494 e. The van der Waals surface area contributed by atoms with Crippen LogP contribution in [-0.2, 0) is 0 Å². The summed E-state index contributed by atoms with van der Waals surface area (Å²) >= 11 is 0. The van der Waals surface area contributed by atoms with E-state index in [-0.39, 0.29) is 23.2 Å². The van der Waals surface area contributed by atoms with Gasteiger partial charge in [-0.1, -0.05) is 25.7 Å². The van der Waals surface area contributed by atoms with Gasteiger partial charge in [-0.15, -0.1) is 20.4 Å². The van der Waals surface area contributed by atoms with Crippen LogP contribution in [0.15, 0.2) is 106 Å². The fourth-order valence-electron chi connectivity index (χ4n) is 5.04. The summed E-state index contributed by atoms with van der Waals surface area (Å²) in [6.45, 7) is 1.26. The molecule has 0 N–H and O–H groups in total. The molecule has 0 unspecified atom stereocenters. The largest absolute Gasteiger partial charge is 0.494 e. The number of nitro groups is 2. The molecular formula is C36H32N6O8. The van der Waals surface area contributed by atoms with Crippen LogP contribution in [0.4, 0.5) is 11.4 Å². The molecular weight excluding hydrogens is 644 g/mol. The molecule has 2 aromatic heterocycles. The van der Waals surface area contributed by atoms with Crippen molar-refractivity contribution in [2.45, 2.75) is 38.5 Å². The number of aromatic nitrogens is 4. The van der Waals surface area contributed by atoms with Gasteiger partial charge in [0.25, 0.3) is 11.4 Å². The van der Waals surface area contributed by atoms with Crippen molar-refractivity contribution in [1.29, 1.82) is 0 Å². The molecule has 50 heavy (non-hydrogen) atoms. The van der Waals surface area contributed by atoms with Crippen molar-refractivity contribution in [3.8, 4) is 57.3 Å². The SMILES string of the molecule is O=[N+]([O-])c1ccc(-c2nnc(-c3ccc(OCCCCCCCCOc4ccc(-c5nnc(-c6ccc([N+](=O)[O-])cc6)o5)cc4)cc3)o2)cc1. The Bertz CT molecular complexity index is 1860. The average Bonchev–Trinajstić information content (AvgIpc) is 3.85. The summed E-state index contributed by atoms with van der Waals surface area (Å²) in [7, 11) is 0. The molecule has 14 nitrogen and oxygen atoms in total. The van der Waals surface area contributed by atoms with Gasteiger partial charge in [0.05, 0.1) is 23.1 Å². The van der Waals surface area contributed by atoms with Crippen LogP contribution in [0.3, 0.4) is 0 Å². The van der Waals surface area contributed by atoms with Gasteiger partial charge < -0.3 is 18.3 Å². The molecule has 0 aliphatic rings.